The van der Waals surface area contributed by atoms with Crippen molar-refractivity contribution in [3.63, 3.8) is 0 Å². The van der Waals surface area contributed by atoms with Crippen LogP contribution in [0.15, 0.2) is 30.3 Å². The summed E-state index contributed by atoms with van der Waals surface area (Å²) in [5, 5.41) is 18.3. The summed E-state index contributed by atoms with van der Waals surface area (Å²) in [6, 6.07) is 7.07. The molecule has 0 saturated heterocycles. The third-order valence-electron chi connectivity index (χ3n) is 2.33. The fourth-order valence-electron chi connectivity index (χ4n) is 1.44. The van der Waals surface area contributed by atoms with Crippen LogP contribution in [0.3, 0.4) is 0 Å². The predicted molar refractivity (Wildman–Crippen MR) is 73.4 cm³/mol. The Kier molecular flexibility index (Phi) is 4.16. The molecule has 0 unspecified atom stereocenters. The number of carboxylic acids is 1. The summed E-state index contributed by atoms with van der Waals surface area (Å²) in [4.78, 5) is 22.8. The maximum absolute atomic E-state index is 12.0. The van der Waals surface area contributed by atoms with E-state index in [4.69, 9.17) is 28.3 Å². The number of hydrogen-bond acceptors (Lipinski definition) is 4. The predicted octanol–water partition coefficient (Wildman–Crippen LogP) is 2.73. The Labute approximate surface area is 123 Å². The fourth-order valence-corrected chi connectivity index (χ4v) is 1.77. The lowest BCUT2D eigenvalue weighted by molar-refractivity contribution is 0.0696. The number of rotatable bonds is 3. The van der Waals surface area contributed by atoms with Crippen LogP contribution in [-0.4, -0.2) is 27.2 Å². The maximum Gasteiger partial charge on any atom is 0.335 e. The average molecular weight is 312 g/mol. The lowest BCUT2D eigenvalue weighted by atomic mass is 10.2. The van der Waals surface area contributed by atoms with Crippen LogP contribution in [0.25, 0.3) is 0 Å². The minimum Gasteiger partial charge on any atom is -0.478 e. The highest BCUT2D eigenvalue weighted by molar-refractivity contribution is 6.34. The summed E-state index contributed by atoms with van der Waals surface area (Å²) in [5.74, 6) is -1.65. The quantitative estimate of drug-likeness (QED) is 0.909. The largest absolute Gasteiger partial charge is 0.478 e. The number of benzene rings is 1. The minimum absolute atomic E-state index is 0.0267. The number of carbonyl (C=O) groups is 2. The van der Waals surface area contributed by atoms with Gasteiger partial charge in [0.25, 0.3) is 5.91 Å². The summed E-state index contributed by atoms with van der Waals surface area (Å²) in [5.41, 5.74) is 0.422. The van der Waals surface area contributed by atoms with Gasteiger partial charge in [-0.05, 0) is 24.3 Å². The van der Waals surface area contributed by atoms with Crippen molar-refractivity contribution in [3.8, 4) is 0 Å². The Morgan fingerprint density at radius 2 is 1.90 bits per heavy atom. The van der Waals surface area contributed by atoms with E-state index in [1.54, 1.807) is 6.07 Å². The fraction of sp³-hybridized carbons (Fsp3) is 0. The van der Waals surface area contributed by atoms with E-state index in [9.17, 15) is 9.59 Å². The van der Waals surface area contributed by atoms with E-state index in [0.29, 0.717) is 5.69 Å². The first kappa shape index (κ1) is 14.2. The summed E-state index contributed by atoms with van der Waals surface area (Å²) >= 11 is 11.4. The molecule has 1 aromatic heterocycles. The monoisotopic (exact) mass is 311 g/mol. The number of nitrogens with one attached hydrogen (secondary N) is 1. The minimum atomic E-state index is -1.09. The molecule has 2 rings (SSSR count). The van der Waals surface area contributed by atoms with Gasteiger partial charge in [-0.25, -0.2) is 4.79 Å². The highest BCUT2D eigenvalue weighted by atomic mass is 35.5. The molecule has 0 spiro atoms. The number of halogens is 2. The van der Waals surface area contributed by atoms with Gasteiger partial charge in [-0.1, -0.05) is 29.3 Å². The molecular weight excluding hydrogens is 305 g/mol. The molecule has 8 heteroatoms. The summed E-state index contributed by atoms with van der Waals surface area (Å²) < 4.78 is 0. The highest BCUT2D eigenvalue weighted by Crippen LogP contribution is 2.18. The SMILES string of the molecule is O=C(O)c1cccc(NC(=O)c2cc(Cl)nnc2Cl)c1. The number of hydrogen-bond donors (Lipinski definition) is 2. The van der Waals surface area contributed by atoms with Crippen molar-refractivity contribution < 1.29 is 14.7 Å². The molecule has 1 amide bonds. The van der Waals surface area contributed by atoms with Gasteiger partial charge >= 0.3 is 5.97 Å². The van der Waals surface area contributed by atoms with Crippen LogP contribution >= 0.6 is 23.2 Å². The summed E-state index contributed by atoms with van der Waals surface area (Å²) in [6.45, 7) is 0. The molecule has 0 aliphatic rings. The van der Waals surface area contributed by atoms with E-state index >= 15 is 0 Å². The van der Waals surface area contributed by atoms with E-state index < -0.39 is 11.9 Å². The molecule has 2 N–H and O–H groups in total. The zero-order valence-corrected chi connectivity index (χ0v) is 11.3. The van der Waals surface area contributed by atoms with Crippen molar-refractivity contribution in [2.75, 3.05) is 5.32 Å². The van der Waals surface area contributed by atoms with Gasteiger partial charge in [0.15, 0.2) is 10.3 Å². The van der Waals surface area contributed by atoms with Gasteiger partial charge in [0.1, 0.15) is 0 Å². The van der Waals surface area contributed by atoms with Crippen LogP contribution in [0, 0.1) is 0 Å². The standard InChI is InChI=1S/C12H7Cl2N3O3/c13-9-5-8(10(14)17-16-9)11(18)15-7-3-1-2-6(4-7)12(19)20/h1-5H,(H,15,18)(H,19,20). The van der Waals surface area contributed by atoms with Crippen LogP contribution in [-0.2, 0) is 0 Å². The third kappa shape index (κ3) is 3.23. The van der Waals surface area contributed by atoms with Gasteiger partial charge < -0.3 is 10.4 Å². The Balaban J connectivity index is 2.25. The molecular formula is C12H7Cl2N3O3. The molecule has 1 heterocycles. The molecule has 1 aromatic carbocycles. The first-order valence-corrected chi connectivity index (χ1v) is 6.06. The number of anilines is 1. The zero-order valence-electron chi connectivity index (χ0n) is 9.80. The van der Waals surface area contributed by atoms with Gasteiger partial charge in [-0.3, -0.25) is 4.79 Å². The van der Waals surface area contributed by atoms with Gasteiger partial charge in [-0.2, -0.15) is 0 Å². The Hall–Kier alpha value is -2.18. The summed E-state index contributed by atoms with van der Waals surface area (Å²) in [6.07, 6.45) is 0. The van der Waals surface area contributed by atoms with E-state index in [1.807, 2.05) is 0 Å². The lowest BCUT2D eigenvalue weighted by Crippen LogP contribution is -2.14. The molecule has 6 nitrogen and oxygen atoms in total. The molecule has 0 fully saturated rings. The number of aromatic carboxylic acids is 1. The van der Waals surface area contributed by atoms with Crippen LogP contribution in [0.4, 0.5) is 5.69 Å². The second kappa shape index (κ2) is 5.85. The third-order valence-corrected chi connectivity index (χ3v) is 2.79. The van der Waals surface area contributed by atoms with Crippen LogP contribution in [0.5, 0.6) is 0 Å². The van der Waals surface area contributed by atoms with Crippen LogP contribution < -0.4 is 5.32 Å². The van der Waals surface area contributed by atoms with Gasteiger partial charge in [0.05, 0.1) is 11.1 Å². The molecule has 2 aromatic rings. The summed E-state index contributed by atoms with van der Waals surface area (Å²) in [7, 11) is 0. The lowest BCUT2D eigenvalue weighted by Gasteiger charge is -2.06. The van der Waals surface area contributed by atoms with Gasteiger partial charge in [0.2, 0.25) is 0 Å². The van der Waals surface area contributed by atoms with E-state index in [0.717, 1.165) is 0 Å². The first-order chi connectivity index (χ1) is 9.47. The topological polar surface area (TPSA) is 92.2 Å². The number of nitrogens with zero attached hydrogens (tertiary/aromatic N) is 2. The van der Waals surface area contributed by atoms with E-state index in [-0.39, 0.29) is 21.4 Å². The molecule has 0 radical (unpaired) electrons. The van der Waals surface area contributed by atoms with Crippen molar-refractivity contribution >= 4 is 40.8 Å². The molecule has 102 valence electrons. The molecule has 0 atom stereocenters. The van der Waals surface area contributed by atoms with Crippen LogP contribution in [0.2, 0.25) is 10.3 Å². The Bertz CT molecular complexity index is 691. The number of amides is 1. The van der Waals surface area contributed by atoms with Gasteiger partial charge in [-0.15, -0.1) is 10.2 Å². The van der Waals surface area contributed by atoms with Crippen molar-refractivity contribution in [2.24, 2.45) is 0 Å². The Morgan fingerprint density at radius 3 is 2.60 bits per heavy atom. The molecule has 0 aliphatic carbocycles. The second-order valence-corrected chi connectivity index (χ2v) is 4.46. The molecule has 0 saturated carbocycles. The van der Waals surface area contributed by atoms with Crippen molar-refractivity contribution in [1.82, 2.24) is 10.2 Å². The van der Waals surface area contributed by atoms with Crippen LogP contribution in [0.1, 0.15) is 20.7 Å². The molecule has 0 bridgehead atoms. The smallest absolute Gasteiger partial charge is 0.335 e. The Morgan fingerprint density at radius 1 is 1.15 bits per heavy atom. The van der Waals surface area contributed by atoms with Crippen molar-refractivity contribution in [1.29, 1.82) is 0 Å². The molecule has 0 aliphatic heterocycles. The normalized spacial score (nSPS) is 10.1. The zero-order chi connectivity index (χ0) is 14.7. The van der Waals surface area contributed by atoms with E-state index in [1.165, 1.54) is 24.3 Å². The number of carboxylic acid groups (broad SMARTS) is 1. The maximum atomic E-state index is 12.0. The second-order valence-electron chi connectivity index (χ2n) is 3.71. The highest BCUT2D eigenvalue weighted by Gasteiger charge is 2.14. The van der Waals surface area contributed by atoms with Crippen molar-refractivity contribution in [2.45, 2.75) is 0 Å². The average Bonchev–Trinajstić information content (AvgIpc) is 2.41. The number of aromatic nitrogens is 2. The molecule has 20 heavy (non-hydrogen) atoms. The number of carbonyl (C=O) groups excluding carboxylic acids is 1. The van der Waals surface area contributed by atoms with Crippen molar-refractivity contribution in [3.05, 3.63) is 51.8 Å². The van der Waals surface area contributed by atoms with E-state index in [2.05, 4.69) is 15.5 Å². The first-order valence-electron chi connectivity index (χ1n) is 5.31. The van der Waals surface area contributed by atoms with Gasteiger partial charge in [0, 0.05) is 5.69 Å².